The molecule has 1 fully saturated rings. The summed E-state index contributed by atoms with van der Waals surface area (Å²) in [5.74, 6) is 1.56. The highest BCUT2D eigenvalue weighted by Gasteiger charge is 2.32. The van der Waals surface area contributed by atoms with Gasteiger partial charge in [0.15, 0.2) is 0 Å². The number of nitro benzene ring substituents is 1. The van der Waals surface area contributed by atoms with Crippen LogP contribution in [0.15, 0.2) is 24.3 Å². The number of hydrogen-bond acceptors (Lipinski definition) is 3. The lowest BCUT2D eigenvalue weighted by Gasteiger charge is -2.14. The van der Waals surface area contributed by atoms with Crippen LogP contribution >= 0.6 is 0 Å². The summed E-state index contributed by atoms with van der Waals surface area (Å²) in [6, 6.07) is 6.97. The molecule has 0 amide bonds. The van der Waals surface area contributed by atoms with Gasteiger partial charge < -0.3 is 5.32 Å². The minimum atomic E-state index is -0.312. The van der Waals surface area contributed by atoms with Crippen LogP contribution in [0.3, 0.4) is 0 Å². The van der Waals surface area contributed by atoms with Gasteiger partial charge in [0, 0.05) is 17.7 Å². The van der Waals surface area contributed by atoms with Crippen LogP contribution in [0.5, 0.6) is 0 Å². The Morgan fingerprint density at radius 3 is 2.76 bits per heavy atom. The van der Waals surface area contributed by atoms with Gasteiger partial charge in [0.2, 0.25) is 0 Å². The quantitative estimate of drug-likeness (QED) is 0.629. The van der Waals surface area contributed by atoms with Gasteiger partial charge in [-0.3, -0.25) is 10.1 Å². The molecule has 17 heavy (non-hydrogen) atoms. The van der Waals surface area contributed by atoms with Crippen molar-refractivity contribution in [3.05, 3.63) is 39.9 Å². The van der Waals surface area contributed by atoms with E-state index >= 15 is 0 Å². The predicted molar refractivity (Wildman–Crippen MR) is 66.8 cm³/mol. The van der Waals surface area contributed by atoms with E-state index in [-0.39, 0.29) is 16.7 Å². The molecule has 1 aromatic rings. The maximum absolute atomic E-state index is 10.9. The first-order chi connectivity index (χ1) is 8.09. The first-order valence-electron chi connectivity index (χ1n) is 6.06. The minimum absolute atomic E-state index is 0.0319. The second-order valence-corrected chi connectivity index (χ2v) is 4.92. The average molecular weight is 234 g/mol. The van der Waals surface area contributed by atoms with Gasteiger partial charge in [-0.05, 0) is 31.7 Å². The lowest BCUT2D eigenvalue weighted by molar-refractivity contribution is -0.385. The van der Waals surface area contributed by atoms with Crippen molar-refractivity contribution in [2.45, 2.75) is 26.3 Å². The van der Waals surface area contributed by atoms with Gasteiger partial charge in [-0.2, -0.15) is 0 Å². The van der Waals surface area contributed by atoms with Gasteiger partial charge >= 0.3 is 0 Å². The van der Waals surface area contributed by atoms with E-state index < -0.39 is 0 Å². The van der Waals surface area contributed by atoms with E-state index in [0.717, 1.165) is 23.9 Å². The third kappa shape index (κ3) is 2.82. The Bertz CT molecular complexity index is 420. The van der Waals surface area contributed by atoms with Crippen LogP contribution in [-0.2, 0) is 0 Å². The maximum atomic E-state index is 10.9. The number of para-hydroxylation sites is 1. The normalized spacial score (nSPS) is 24.4. The molecular weight excluding hydrogens is 216 g/mol. The molecule has 4 nitrogen and oxygen atoms in total. The van der Waals surface area contributed by atoms with Crippen LogP contribution in [0.25, 0.3) is 0 Å². The smallest absolute Gasteiger partial charge is 0.274 e. The Kier molecular flexibility index (Phi) is 3.43. The largest absolute Gasteiger partial charge is 0.310 e. The van der Waals surface area contributed by atoms with E-state index in [2.05, 4.69) is 12.2 Å². The average Bonchev–Trinajstić information content (AvgIpc) is 3.02. The molecule has 0 saturated heterocycles. The lowest BCUT2D eigenvalue weighted by atomic mass is 10.1. The Morgan fingerprint density at radius 1 is 1.53 bits per heavy atom. The molecule has 0 spiro atoms. The standard InChI is InChI=1S/C13H18N2O2/c1-9-7-11(9)8-14-10(2)12-5-3-4-6-13(12)15(16)17/h3-6,9-11,14H,7-8H2,1-2H3. The summed E-state index contributed by atoms with van der Waals surface area (Å²) in [6.07, 6.45) is 1.27. The van der Waals surface area contributed by atoms with Crippen molar-refractivity contribution >= 4 is 5.69 Å². The SMILES string of the molecule is CC(NCC1CC1C)c1ccccc1[N+](=O)[O-]. The van der Waals surface area contributed by atoms with E-state index in [0.29, 0.717) is 0 Å². The van der Waals surface area contributed by atoms with Gasteiger partial charge in [0.25, 0.3) is 5.69 Å². The molecule has 2 rings (SSSR count). The zero-order valence-corrected chi connectivity index (χ0v) is 10.2. The summed E-state index contributed by atoms with van der Waals surface area (Å²) >= 11 is 0. The summed E-state index contributed by atoms with van der Waals surface area (Å²) in [7, 11) is 0. The number of nitro groups is 1. The topological polar surface area (TPSA) is 55.2 Å². The maximum Gasteiger partial charge on any atom is 0.274 e. The van der Waals surface area contributed by atoms with E-state index in [4.69, 9.17) is 0 Å². The molecule has 0 aromatic heterocycles. The van der Waals surface area contributed by atoms with Crippen molar-refractivity contribution in [3.8, 4) is 0 Å². The van der Waals surface area contributed by atoms with E-state index in [1.54, 1.807) is 12.1 Å². The molecule has 3 unspecified atom stereocenters. The molecule has 1 aliphatic carbocycles. The van der Waals surface area contributed by atoms with Crippen molar-refractivity contribution < 1.29 is 4.92 Å². The minimum Gasteiger partial charge on any atom is -0.310 e. The van der Waals surface area contributed by atoms with Gasteiger partial charge in [-0.1, -0.05) is 25.1 Å². The third-order valence-electron chi connectivity index (χ3n) is 3.56. The highest BCUT2D eigenvalue weighted by molar-refractivity contribution is 5.41. The number of nitrogens with zero attached hydrogens (tertiary/aromatic N) is 1. The van der Waals surface area contributed by atoms with Gasteiger partial charge in [0.05, 0.1) is 4.92 Å². The molecule has 3 atom stereocenters. The molecule has 1 N–H and O–H groups in total. The Morgan fingerprint density at radius 2 is 2.18 bits per heavy atom. The number of hydrogen-bond donors (Lipinski definition) is 1. The van der Waals surface area contributed by atoms with Crippen LogP contribution in [-0.4, -0.2) is 11.5 Å². The van der Waals surface area contributed by atoms with Crippen LogP contribution < -0.4 is 5.32 Å². The van der Waals surface area contributed by atoms with Crippen molar-refractivity contribution in [2.24, 2.45) is 11.8 Å². The summed E-state index contributed by atoms with van der Waals surface area (Å²) in [5.41, 5.74) is 0.974. The summed E-state index contributed by atoms with van der Waals surface area (Å²) in [6.45, 7) is 5.17. The molecule has 0 bridgehead atoms. The molecule has 1 aliphatic rings. The molecule has 92 valence electrons. The zero-order valence-electron chi connectivity index (χ0n) is 10.2. The van der Waals surface area contributed by atoms with Crippen molar-refractivity contribution in [2.75, 3.05) is 6.54 Å². The third-order valence-corrected chi connectivity index (χ3v) is 3.56. The fraction of sp³-hybridized carbons (Fsp3) is 0.538. The Labute approximate surface area is 101 Å². The van der Waals surface area contributed by atoms with Crippen LogP contribution in [0, 0.1) is 22.0 Å². The Balaban J connectivity index is 2.02. The molecule has 0 aliphatic heterocycles. The highest BCUT2D eigenvalue weighted by atomic mass is 16.6. The second-order valence-electron chi connectivity index (χ2n) is 4.92. The molecular formula is C13H18N2O2. The first-order valence-corrected chi connectivity index (χ1v) is 6.06. The monoisotopic (exact) mass is 234 g/mol. The highest BCUT2D eigenvalue weighted by Crippen LogP contribution is 2.37. The van der Waals surface area contributed by atoms with Crippen molar-refractivity contribution in [1.29, 1.82) is 0 Å². The van der Waals surface area contributed by atoms with Crippen LogP contribution in [0.4, 0.5) is 5.69 Å². The molecule has 0 radical (unpaired) electrons. The summed E-state index contributed by atoms with van der Waals surface area (Å²) < 4.78 is 0. The predicted octanol–water partition coefficient (Wildman–Crippen LogP) is 2.90. The molecule has 0 heterocycles. The summed E-state index contributed by atoms with van der Waals surface area (Å²) in [5, 5.41) is 14.3. The van der Waals surface area contributed by atoms with Crippen molar-refractivity contribution in [1.82, 2.24) is 5.32 Å². The number of nitrogens with one attached hydrogen (secondary N) is 1. The first kappa shape index (κ1) is 12.0. The molecule has 1 aromatic carbocycles. The lowest BCUT2D eigenvalue weighted by Crippen LogP contribution is -2.22. The van der Waals surface area contributed by atoms with E-state index in [9.17, 15) is 10.1 Å². The van der Waals surface area contributed by atoms with Gasteiger partial charge in [-0.15, -0.1) is 0 Å². The van der Waals surface area contributed by atoms with Crippen LogP contribution in [0.2, 0.25) is 0 Å². The van der Waals surface area contributed by atoms with Gasteiger partial charge in [-0.25, -0.2) is 0 Å². The fourth-order valence-electron chi connectivity index (χ4n) is 2.14. The van der Waals surface area contributed by atoms with Gasteiger partial charge in [0.1, 0.15) is 0 Å². The van der Waals surface area contributed by atoms with Crippen LogP contribution in [0.1, 0.15) is 31.9 Å². The van der Waals surface area contributed by atoms with E-state index in [1.807, 2.05) is 19.1 Å². The molecule has 4 heteroatoms. The number of benzene rings is 1. The van der Waals surface area contributed by atoms with E-state index in [1.165, 1.54) is 6.42 Å². The molecule has 1 saturated carbocycles. The summed E-state index contributed by atoms with van der Waals surface area (Å²) in [4.78, 5) is 10.6. The fourth-order valence-corrected chi connectivity index (χ4v) is 2.14. The Hall–Kier alpha value is -1.42. The zero-order chi connectivity index (χ0) is 12.4. The second kappa shape index (κ2) is 4.84. The van der Waals surface area contributed by atoms with Crippen molar-refractivity contribution in [3.63, 3.8) is 0 Å². The number of rotatable bonds is 5.